The van der Waals surface area contributed by atoms with Crippen molar-refractivity contribution in [2.24, 2.45) is 0 Å². The van der Waals surface area contributed by atoms with Gasteiger partial charge in [-0.3, -0.25) is 19.7 Å². The van der Waals surface area contributed by atoms with Crippen molar-refractivity contribution < 1.29 is 4.79 Å². The maximum absolute atomic E-state index is 11.8. The fourth-order valence-electron chi connectivity index (χ4n) is 1.39. The zero-order valence-corrected chi connectivity index (χ0v) is 9.92. The van der Waals surface area contributed by atoms with Gasteiger partial charge in [-0.05, 0) is 13.0 Å². The van der Waals surface area contributed by atoms with Crippen molar-refractivity contribution in [3.05, 3.63) is 47.8 Å². The number of nitrogen functional groups attached to an aromatic ring is 1. The first-order chi connectivity index (χ1) is 8.66. The molecule has 2 aromatic rings. The Hall–Kier alpha value is -2.50. The predicted octanol–water partition coefficient (Wildman–Crippen LogP) is 0.692. The van der Waals surface area contributed by atoms with Crippen molar-refractivity contribution in [2.45, 2.75) is 13.5 Å². The lowest BCUT2D eigenvalue weighted by Gasteiger charge is -2.06. The maximum Gasteiger partial charge on any atom is 0.253 e. The first kappa shape index (κ1) is 12.0. The van der Waals surface area contributed by atoms with Crippen molar-refractivity contribution >= 4 is 11.6 Å². The van der Waals surface area contributed by atoms with Gasteiger partial charge >= 0.3 is 0 Å². The fraction of sp³-hybridized carbons (Fsp3) is 0.167. The topological polar surface area (TPSA) is 93.8 Å². The van der Waals surface area contributed by atoms with Crippen LogP contribution in [-0.2, 0) is 6.54 Å². The minimum Gasteiger partial charge on any atom is -0.397 e. The number of carbonyl (C=O) groups excluding carboxylic acids is 1. The molecule has 6 heteroatoms. The molecule has 0 aliphatic carbocycles. The number of pyridine rings is 1. The standard InChI is InChI=1S/C12H13N5O/c1-8-4-16-9(5-15-8)6-17-12(18)10-2-3-14-7-11(10)13/h2-5,7H,6,13H2,1H3,(H,17,18). The van der Waals surface area contributed by atoms with Gasteiger partial charge in [0.25, 0.3) is 5.91 Å². The van der Waals surface area contributed by atoms with Crippen LogP contribution in [0.4, 0.5) is 5.69 Å². The molecule has 6 nitrogen and oxygen atoms in total. The third-order valence-corrected chi connectivity index (χ3v) is 2.36. The van der Waals surface area contributed by atoms with Gasteiger partial charge in [-0.15, -0.1) is 0 Å². The number of hydrogen-bond donors (Lipinski definition) is 2. The Balaban J connectivity index is 2.01. The number of aromatic nitrogens is 3. The minimum atomic E-state index is -0.253. The van der Waals surface area contributed by atoms with Gasteiger partial charge in [0.05, 0.1) is 41.6 Å². The highest BCUT2D eigenvalue weighted by atomic mass is 16.1. The number of carbonyl (C=O) groups is 1. The summed E-state index contributed by atoms with van der Waals surface area (Å²) in [5.74, 6) is -0.253. The summed E-state index contributed by atoms with van der Waals surface area (Å²) in [5.41, 5.74) is 7.95. The molecule has 0 fully saturated rings. The summed E-state index contributed by atoms with van der Waals surface area (Å²) in [7, 11) is 0. The van der Waals surface area contributed by atoms with Gasteiger partial charge in [0.2, 0.25) is 0 Å². The van der Waals surface area contributed by atoms with E-state index in [-0.39, 0.29) is 5.91 Å². The molecule has 0 aliphatic rings. The average Bonchev–Trinajstić information content (AvgIpc) is 2.38. The van der Waals surface area contributed by atoms with Crippen LogP contribution in [0.5, 0.6) is 0 Å². The number of hydrogen-bond acceptors (Lipinski definition) is 5. The van der Waals surface area contributed by atoms with Gasteiger partial charge in [-0.25, -0.2) is 0 Å². The largest absolute Gasteiger partial charge is 0.397 e. The van der Waals surface area contributed by atoms with Crippen LogP contribution in [0, 0.1) is 6.92 Å². The molecule has 2 aromatic heterocycles. The number of nitrogens with zero attached hydrogens (tertiary/aromatic N) is 3. The van der Waals surface area contributed by atoms with Crippen molar-refractivity contribution in [3.8, 4) is 0 Å². The first-order valence-electron chi connectivity index (χ1n) is 5.42. The van der Waals surface area contributed by atoms with E-state index in [4.69, 9.17) is 5.73 Å². The van der Waals surface area contributed by atoms with Gasteiger partial charge < -0.3 is 11.1 Å². The maximum atomic E-state index is 11.8. The molecule has 0 aliphatic heterocycles. The summed E-state index contributed by atoms with van der Waals surface area (Å²) in [6, 6.07) is 1.57. The summed E-state index contributed by atoms with van der Waals surface area (Å²) in [5, 5.41) is 2.73. The fourth-order valence-corrected chi connectivity index (χ4v) is 1.39. The monoisotopic (exact) mass is 243 g/mol. The average molecular weight is 243 g/mol. The normalized spacial score (nSPS) is 10.1. The molecule has 0 radical (unpaired) electrons. The van der Waals surface area contributed by atoms with E-state index in [0.29, 0.717) is 23.5 Å². The Morgan fingerprint density at radius 1 is 1.33 bits per heavy atom. The Bertz CT molecular complexity index is 553. The summed E-state index contributed by atoms with van der Waals surface area (Å²) in [6.07, 6.45) is 6.26. The predicted molar refractivity (Wildman–Crippen MR) is 66.6 cm³/mol. The number of nitrogens with two attached hydrogens (primary N) is 1. The molecule has 0 saturated heterocycles. The number of rotatable bonds is 3. The third kappa shape index (κ3) is 2.79. The summed E-state index contributed by atoms with van der Waals surface area (Å²) in [4.78, 5) is 23.9. The van der Waals surface area contributed by atoms with Gasteiger partial charge in [0.15, 0.2) is 0 Å². The van der Waals surface area contributed by atoms with E-state index in [1.54, 1.807) is 18.5 Å². The number of amides is 1. The van der Waals surface area contributed by atoms with Crippen LogP contribution in [0.1, 0.15) is 21.7 Å². The highest BCUT2D eigenvalue weighted by molar-refractivity contribution is 5.98. The third-order valence-electron chi connectivity index (χ3n) is 2.36. The van der Waals surface area contributed by atoms with Crippen molar-refractivity contribution in [3.63, 3.8) is 0 Å². The molecule has 0 spiro atoms. The Morgan fingerprint density at radius 2 is 2.17 bits per heavy atom. The van der Waals surface area contributed by atoms with Crippen LogP contribution in [0.2, 0.25) is 0 Å². The van der Waals surface area contributed by atoms with E-state index in [2.05, 4.69) is 20.3 Å². The molecule has 2 rings (SSSR count). The smallest absolute Gasteiger partial charge is 0.253 e. The second kappa shape index (κ2) is 5.22. The van der Waals surface area contributed by atoms with Crippen LogP contribution in [0.25, 0.3) is 0 Å². The molecule has 18 heavy (non-hydrogen) atoms. The van der Waals surface area contributed by atoms with Crippen LogP contribution >= 0.6 is 0 Å². The number of anilines is 1. The Morgan fingerprint density at radius 3 is 2.83 bits per heavy atom. The quantitative estimate of drug-likeness (QED) is 0.827. The highest BCUT2D eigenvalue weighted by Gasteiger charge is 2.08. The molecule has 0 bridgehead atoms. The van der Waals surface area contributed by atoms with Gasteiger partial charge in [-0.2, -0.15) is 0 Å². The van der Waals surface area contributed by atoms with Gasteiger partial charge in [-0.1, -0.05) is 0 Å². The molecule has 0 unspecified atom stereocenters. The van der Waals surface area contributed by atoms with Crippen molar-refractivity contribution in [1.82, 2.24) is 20.3 Å². The summed E-state index contributed by atoms with van der Waals surface area (Å²) < 4.78 is 0. The molecule has 3 N–H and O–H groups in total. The number of nitrogens with one attached hydrogen (secondary N) is 1. The lowest BCUT2D eigenvalue weighted by Crippen LogP contribution is -2.24. The second-order valence-corrected chi connectivity index (χ2v) is 3.79. The lowest BCUT2D eigenvalue weighted by molar-refractivity contribution is 0.0951. The van der Waals surface area contributed by atoms with E-state index in [1.807, 2.05) is 6.92 Å². The molecule has 92 valence electrons. The summed E-state index contributed by atoms with van der Waals surface area (Å²) in [6.45, 7) is 2.17. The van der Waals surface area contributed by atoms with Crippen molar-refractivity contribution in [2.75, 3.05) is 5.73 Å². The molecular weight excluding hydrogens is 230 g/mol. The second-order valence-electron chi connectivity index (χ2n) is 3.79. The molecule has 1 amide bonds. The summed E-state index contributed by atoms with van der Waals surface area (Å²) >= 11 is 0. The van der Waals surface area contributed by atoms with E-state index in [1.165, 1.54) is 12.4 Å². The van der Waals surface area contributed by atoms with Gasteiger partial charge in [0, 0.05) is 12.4 Å². The van der Waals surface area contributed by atoms with Crippen LogP contribution in [0.15, 0.2) is 30.9 Å². The zero-order chi connectivity index (χ0) is 13.0. The molecule has 0 aromatic carbocycles. The Kier molecular flexibility index (Phi) is 3.47. The van der Waals surface area contributed by atoms with E-state index in [0.717, 1.165) is 5.69 Å². The van der Waals surface area contributed by atoms with E-state index >= 15 is 0 Å². The SMILES string of the molecule is Cc1cnc(CNC(=O)c2ccncc2N)cn1. The highest BCUT2D eigenvalue weighted by Crippen LogP contribution is 2.08. The molecule has 2 heterocycles. The van der Waals surface area contributed by atoms with Gasteiger partial charge in [0.1, 0.15) is 0 Å². The first-order valence-corrected chi connectivity index (χ1v) is 5.42. The Labute approximate surface area is 104 Å². The minimum absolute atomic E-state index is 0.253. The number of aryl methyl sites for hydroxylation is 1. The van der Waals surface area contributed by atoms with Crippen LogP contribution in [-0.4, -0.2) is 20.9 Å². The van der Waals surface area contributed by atoms with Crippen LogP contribution < -0.4 is 11.1 Å². The lowest BCUT2D eigenvalue weighted by atomic mass is 10.2. The zero-order valence-electron chi connectivity index (χ0n) is 9.92. The van der Waals surface area contributed by atoms with E-state index in [9.17, 15) is 4.79 Å². The molecular formula is C12H13N5O. The van der Waals surface area contributed by atoms with Crippen molar-refractivity contribution in [1.29, 1.82) is 0 Å². The van der Waals surface area contributed by atoms with E-state index < -0.39 is 0 Å². The molecule has 0 atom stereocenters. The molecule has 0 saturated carbocycles. The van der Waals surface area contributed by atoms with Crippen LogP contribution in [0.3, 0.4) is 0 Å².